The number of pyridine rings is 2. The number of terminal acetylenes is 1. The van der Waals surface area contributed by atoms with Crippen molar-refractivity contribution in [1.82, 2.24) is 9.97 Å². The van der Waals surface area contributed by atoms with E-state index >= 15 is 0 Å². The minimum absolute atomic E-state index is 0.749. The number of benzene rings is 1. The lowest BCUT2D eigenvalue weighted by atomic mass is 10.1. The van der Waals surface area contributed by atoms with Gasteiger partial charge in [0.1, 0.15) is 0 Å². The molecule has 0 amide bonds. The zero-order valence-corrected chi connectivity index (χ0v) is 11.8. The summed E-state index contributed by atoms with van der Waals surface area (Å²) in [7, 11) is 0. The van der Waals surface area contributed by atoms with Gasteiger partial charge in [0.05, 0.1) is 11.4 Å². The average Bonchev–Trinajstić information content (AvgIpc) is 2.61. The topological polar surface area (TPSA) is 25.8 Å². The molecule has 2 aromatic heterocycles. The highest BCUT2D eigenvalue weighted by atomic mass is 14.8. The van der Waals surface area contributed by atoms with Crippen molar-refractivity contribution in [3.63, 3.8) is 0 Å². The number of hydrogen-bond donors (Lipinski definition) is 0. The minimum atomic E-state index is 0.749. The first kappa shape index (κ1) is 13.6. The highest BCUT2D eigenvalue weighted by Crippen LogP contribution is 2.16. The van der Waals surface area contributed by atoms with Gasteiger partial charge in [-0.1, -0.05) is 36.0 Å². The molecular weight excluding hydrogens is 268 g/mol. The fraction of sp³-hybridized carbons (Fsp3) is 0. The van der Waals surface area contributed by atoms with Gasteiger partial charge >= 0.3 is 0 Å². The standard InChI is InChI=1S/C20H12N2/c1-2-16-10-12-21-19(14-16)20-15-18(11-13-22-20)9-8-17-6-4-3-5-7-17/h1,3-7,10-15H. The Morgan fingerprint density at radius 1 is 0.682 bits per heavy atom. The Bertz CT molecular complexity index is 894. The Morgan fingerprint density at radius 3 is 1.95 bits per heavy atom. The summed E-state index contributed by atoms with van der Waals surface area (Å²) in [6.07, 6.45) is 8.84. The number of rotatable bonds is 1. The van der Waals surface area contributed by atoms with E-state index in [0.717, 1.165) is 28.1 Å². The summed E-state index contributed by atoms with van der Waals surface area (Å²) < 4.78 is 0. The summed E-state index contributed by atoms with van der Waals surface area (Å²) in [5, 5.41) is 0. The zero-order chi connectivity index (χ0) is 15.2. The highest BCUT2D eigenvalue weighted by molar-refractivity contribution is 5.59. The van der Waals surface area contributed by atoms with Crippen LogP contribution in [0.15, 0.2) is 67.0 Å². The number of nitrogens with zero attached hydrogens (tertiary/aromatic N) is 2. The minimum Gasteiger partial charge on any atom is -0.255 e. The molecular formula is C20H12N2. The third kappa shape index (κ3) is 3.20. The maximum Gasteiger partial charge on any atom is 0.0898 e. The second-order valence-electron chi connectivity index (χ2n) is 4.62. The van der Waals surface area contributed by atoms with Crippen LogP contribution in [0.5, 0.6) is 0 Å². The second kappa shape index (κ2) is 6.39. The maximum atomic E-state index is 5.42. The first-order chi connectivity index (χ1) is 10.8. The zero-order valence-electron chi connectivity index (χ0n) is 11.8. The Morgan fingerprint density at radius 2 is 1.27 bits per heavy atom. The van der Waals surface area contributed by atoms with E-state index in [1.54, 1.807) is 18.5 Å². The van der Waals surface area contributed by atoms with Crippen molar-refractivity contribution in [3.8, 4) is 35.6 Å². The normalized spacial score (nSPS) is 9.41. The molecule has 2 heteroatoms. The molecule has 0 N–H and O–H groups in total. The van der Waals surface area contributed by atoms with Crippen molar-refractivity contribution >= 4 is 0 Å². The molecule has 0 saturated heterocycles. The molecule has 0 aliphatic rings. The molecule has 0 radical (unpaired) electrons. The van der Waals surface area contributed by atoms with Gasteiger partial charge in [0.2, 0.25) is 0 Å². The average molecular weight is 280 g/mol. The molecule has 3 aromatic rings. The summed E-state index contributed by atoms with van der Waals surface area (Å²) in [5.74, 6) is 8.88. The quantitative estimate of drug-likeness (QED) is 0.637. The van der Waals surface area contributed by atoms with Crippen LogP contribution in [-0.2, 0) is 0 Å². The second-order valence-corrected chi connectivity index (χ2v) is 4.62. The van der Waals surface area contributed by atoms with Crippen molar-refractivity contribution in [3.05, 3.63) is 83.7 Å². The third-order valence-electron chi connectivity index (χ3n) is 3.07. The Kier molecular flexibility index (Phi) is 3.96. The van der Waals surface area contributed by atoms with E-state index < -0.39 is 0 Å². The lowest BCUT2D eigenvalue weighted by Crippen LogP contribution is -1.89. The summed E-state index contributed by atoms with van der Waals surface area (Å²) >= 11 is 0. The van der Waals surface area contributed by atoms with E-state index in [4.69, 9.17) is 6.42 Å². The van der Waals surface area contributed by atoms with Gasteiger partial charge in [0.15, 0.2) is 0 Å². The van der Waals surface area contributed by atoms with E-state index in [1.165, 1.54) is 0 Å². The summed E-state index contributed by atoms with van der Waals surface area (Å²) in [6.45, 7) is 0. The molecule has 0 bridgehead atoms. The largest absolute Gasteiger partial charge is 0.255 e. The van der Waals surface area contributed by atoms with Gasteiger partial charge in [-0.2, -0.15) is 0 Å². The predicted octanol–water partition coefficient (Wildman–Crippen LogP) is 3.52. The van der Waals surface area contributed by atoms with Gasteiger partial charge in [-0.05, 0) is 36.4 Å². The van der Waals surface area contributed by atoms with Crippen molar-refractivity contribution in [2.24, 2.45) is 0 Å². The van der Waals surface area contributed by atoms with Gasteiger partial charge in [0.25, 0.3) is 0 Å². The SMILES string of the molecule is C#Cc1ccnc(-c2cc(C#Cc3ccccc3)ccn2)c1. The van der Waals surface area contributed by atoms with E-state index in [2.05, 4.69) is 27.7 Å². The van der Waals surface area contributed by atoms with Gasteiger partial charge in [0, 0.05) is 29.1 Å². The Balaban J connectivity index is 1.93. The van der Waals surface area contributed by atoms with Crippen LogP contribution in [0.2, 0.25) is 0 Å². The van der Waals surface area contributed by atoms with E-state index in [0.29, 0.717) is 0 Å². The van der Waals surface area contributed by atoms with Crippen LogP contribution in [0.25, 0.3) is 11.4 Å². The van der Waals surface area contributed by atoms with Gasteiger partial charge in [-0.3, -0.25) is 9.97 Å². The lowest BCUT2D eigenvalue weighted by molar-refractivity contribution is 1.24. The Labute approximate surface area is 129 Å². The Hall–Kier alpha value is -3.36. The van der Waals surface area contributed by atoms with Crippen LogP contribution in [0.1, 0.15) is 16.7 Å². The van der Waals surface area contributed by atoms with Crippen molar-refractivity contribution in [2.75, 3.05) is 0 Å². The summed E-state index contributed by atoms with van der Waals surface area (Å²) in [4.78, 5) is 8.65. The molecule has 2 heterocycles. The van der Waals surface area contributed by atoms with Crippen LogP contribution < -0.4 is 0 Å². The first-order valence-corrected chi connectivity index (χ1v) is 6.81. The molecule has 0 saturated carbocycles. The summed E-state index contributed by atoms with van der Waals surface area (Å²) in [6, 6.07) is 17.3. The van der Waals surface area contributed by atoms with Crippen molar-refractivity contribution < 1.29 is 0 Å². The van der Waals surface area contributed by atoms with Crippen LogP contribution >= 0.6 is 0 Å². The van der Waals surface area contributed by atoms with E-state index in [1.807, 2.05) is 48.5 Å². The van der Waals surface area contributed by atoms with Crippen molar-refractivity contribution in [1.29, 1.82) is 0 Å². The molecule has 0 atom stereocenters. The summed E-state index contributed by atoms with van der Waals surface area (Å²) in [5.41, 5.74) is 4.17. The fourth-order valence-electron chi connectivity index (χ4n) is 1.97. The van der Waals surface area contributed by atoms with Crippen LogP contribution in [0, 0.1) is 24.2 Å². The van der Waals surface area contributed by atoms with Crippen LogP contribution in [0.4, 0.5) is 0 Å². The molecule has 3 rings (SSSR count). The van der Waals surface area contributed by atoms with Crippen LogP contribution in [-0.4, -0.2) is 9.97 Å². The fourth-order valence-corrected chi connectivity index (χ4v) is 1.97. The van der Waals surface area contributed by atoms with Crippen molar-refractivity contribution in [2.45, 2.75) is 0 Å². The molecule has 2 nitrogen and oxygen atoms in total. The van der Waals surface area contributed by atoms with Gasteiger partial charge < -0.3 is 0 Å². The number of hydrogen-bond acceptors (Lipinski definition) is 2. The predicted molar refractivity (Wildman–Crippen MR) is 87.8 cm³/mol. The van der Waals surface area contributed by atoms with E-state index in [9.17, 15) is 0 Å². The number of aromatic nitrogens is 2. The lowest BCUT2D eigenvalue weighted by Gasteiger charge is -2.01. The smallest absolute Gasteiger partial charge is 0.0898 e. The molecule has 0 unspecified atom stereocenters. The third-order valence-corrected chi connectivity index (χ3v) is 3.07. The van der Waals surface area contributed by atoms with Gasteiger partial charge in [-0.25, -0.2) is 0 Å². The molecule has 0 spiro atoms. The molecule has 0 aliphatic heterocycles. The molecule has 22 heavy (non-hydrogen) atoms. The van der Waals surface area contributed by atoms with Gasteiger partial charge in [-0.15, -0.1) is 6.42 Å². The van der Waals surface area contributed by atoms with Crippen LogP contribution in [0.3, 0.4) is 0 Å². The molecule has 1 aromatic carbocycles. The maximum absolute atomic E-state index is 5.42. The molecule has 102 valence electrons. The molecule has 0 aliphatic carbocycles. The highest BCUT2D eigenvalue weighted by Gasteiger charge is 2.02. The molecule has 0 fully saturated rings. The van der Waals surface area contributed by atoms with E-state index in [-0.39, 0.29) is 0 Å². The monoisotopic (exact) mass is 280 g/mol. The first-order valence-electron chi connectivity index (χ1n) is 6.81.